The summed E-state index contributed by atoms with van der Waals surface area (Å²) >= 11 is 4.48. The molecule has 84 valence electrons. The number of nitrogens with one attached hydrogen (secondary N) is 1. The van der Waals surface area contributed by atoms with Gasteiger partial charge in [0.15, 0.2) is 0 Å². The maximum atomic E-state index is 11.7. The number of carbonyl (C=O) groups excluding carboxylic acids is 1. The van der Waals surface area contributed by atoms with Gasteiger partial charge in [-0.2, -0.15) is 0 Å². The van der Waals surface area contributed by atoms with Crippen molar-refractivity contribution >= 4 is 33.4 Å². The summed E-state index contributed by atoms with van der Waals surface area (Å²) in [4.78, 5) is 12.3. The molecule has 6 heteroatoms. The van der Waals surface area contributed by atoms with E-state index in [1.54, 1.807) is 0 Å². The van der Waals surface area contributed by atoms with Crippen LogP contribution in [-0.4, -0.2) is 27.4 Å². The van der Waals surface area contributed by atoms with Crippen LogP contribution in [0.2, 0.25) is 0 Å². The van der Waals surface area contributed by atoms with E-state index >= 15 is 0 Å². The Morgan fingerprint density at radius 2 is 2.40 bits per heavy atom. The van der Waals surface area contributed by atoms with Gasteiger partial charge in [-0.3, -0.25) is 4.79 Å². The predicted molar refractivity (Wildman–Crippen MR) is 64.6 cm³/mol. The minimum Gasteiger partial charge on any atom is -0.351 e. The maximum Gasteiger partial charge on any atom is 0.264 e. The second-order valence-corrected chi connectivity index (χ2v) is 4.64. The Kier molecular flexibility index (Phi) is 5.78. The Balaban J connectivity index is 2.53. The van der Waals surface area contributed by atoms with Gasteiger partial charge in [0.1, 0.15) is 4.88 Å². The lowest BCUT2D eigenvalue weighted by Crippen LogP contribution is -2.24. The SMILES string of the molecule is CCCc1nnsc1C(=O)NCCCBr. The number of hydrogen-bond donors (Lipinski definition) is 1. The van der Waals surface area contributed by atoms with Gasteiger partial charge in [-0.25, -0.2) is 0 Å². The molecule has 1 amide bonds. The Labute approximate surface area is 102 Å². The van der Waals surface area contributed by atoms with Crippen molar-refractivity contribution in [2.45, 2.75) is 26.2 Å². The van der Waals surface area contributed by atoms with E-state index < -0.39 is 0 Å². The van der Waals surface area contributed by atoms with Gasteiger partial charge in [-0.1, -0.05) is 33.8 Å². The lowest BCUT2D eigenvalue weighted by Gasteiger charge is -2.02. The van der Waals surface area contributed by atoms with Crippen LogP contribution in [0.15, 0.2) is 0 Å². The Hall–Kier alpha value is -0.490. The molecule has 0 radical (unpaired) electrons. The Bertz CT molecular complexity index is 316. The minimum absolute atomic E-state index is 0.0469. The maximum absolute atomic E-state index is 11.7. The van der Waals surface area contributed by atoms with E-state index in [1.165, 1.54) is 11.5 Å². The number of aromatic nitrogens is 2. The lowest BCUT2D eigenvalue weighted by atomic mass is 10.2. The monoisotopic (exact) mass is 291 g/mol. The van der Waals surface area contributed by atoms with Crippen LogP contribution < -0.4 is 5.32 Å². The van der Waals surface area contributed by atoms with E-state index in [4.69, 9.17) is 0 Å². The summed E-state index contributed by atoms with van der Waals surface area (Å²) in [6.45, 7) is 2.75. The fourth-order valence-electron chi connectivity index (χ4n) is 1.13. The summed E-state index contributed by atoms with van der Waals surface area (Å²) < 4.78 is 3.81. The van der Waals surface area contributed by atoms with Gasteiger partial charge < -0.3 is 5.32 Å². The normalized spacial score (nSPS) is 10.3. The molecule has 0 aliphatic carbocycles. The lowest BCUT2D eigenvalue weighted by molar-refractivity contribution is 0.0957. The number of rotatable bonds is 6. The fourth-order valence-corrected chi connectivity index (χ4v) is 2.04. The molecule has 0 aliphatic rings. The molecular formula is C9H14BrN3OS. The molecule has 1 aromatic heterocycles. The molecule has 0 unspecified atom stereocenters. The topological polar surface area (TPSA) is 54.9 Å². The molecule has 0 fully saturated rings. The number of amides is 1. The number of alkyl halides is 1. The number of carbonyl (C=O) groups is 1. The molecule has 1 N–H and O–H groups in total. The van der Waals surface area contributed by atoms with Crippen LogP contribution in [0.25, 0.3) is 0 Å². The smallest absolute Gasteiger partial charge is 0.264 e. The first-order valence-corrected chi connectivity index (χ1v) is 6.84. The third kappa shape index (κ3) is 3.87. The molecule has 0 spiro atoms. The summed E-state index contributed by atoms with van der Waals surface area (Å²) in [5.41, 5.74) is 0.818. The first kappa shape index (κ1) is 12.6. The van der Waals surface area contributed by atoms with E-state index in [1.807, 2.05) is 0 Å². The number of nitrogens with zero attached hydrogens (tertiary/aromatic N) is 2. The third-order valence-electron chi connectivity index (χ3n) is 1.84. The van der Waals surface area contributed by atoms with Crippen LogP contribution in [0.4, 0.5) is 0 Å². The summed E-state index contributed by atoms with van der Waals surface area (Å²) in [5.74, 6) is -0.0469. The second kappa shape index (κ2) is 6.90. The molecule has 4 nitrogen and oxygen atoms in total. The first-order valence-electron chi connectivity index (χ1n) is 4.95. The van der Waals surface area contributed by atoms with E-state index in [2.05, 4.69) is 37.8 Å². The van der Waals surface area contributed by atoms with Gasteiger partial charge >= 0.3 is 0 Å². The van der Waals surface area contributed by atoms with E-state index in [-0.39, 0.29) is 5.91 Å². The van der Waals surface area contributed by atoms with Crippen LogP contribution >= 0.6 is 27.5 Å². The molecule has 0 saturated carbocycles. The highest BCUT2D eigenvalue weighted by Crippen LogP contribution is 2.12. The summed E-state index contributed by atoms with van der Waals surface area (Å²) in [7, 11) is 0. The average Bonchev–Trinajstić information content (AvgIpc) is 2.67. The number of halogens is 1. The van der Waals surface area contributed by atoms with Crippen molar-refractivity contribution in [3.63, 3.8) is 0 Å². The zero-order valence-corrected chi connectivity index (χ0v) is 11.0. The summed E-state index contributed by atoms with van der Waals surface area (Å²) in [5, 5.41) is 7.70. The van der Waals surface area contributed by atoms with Gasteiger partial charge in [-0.05, 0) is 24.4 Å². The first-order chi connectivity index (χ1) is 7.29. The fraction of sp³-hybridized carbons (Fsp3) is 0.667. The van der Waals surface area contributed by atoms with Crippen molar-refractivity contribution in [3.8, 4) is 0 Å². The van der Waals surface area contributed by atoms with E-state index in [9.17, 15) is 4.79 Å². The van der Waals surface area contributed by atoms with Crippen LogP contribution in [0.1, 0.15) is 35.1 Å². The van der Waals surface area contributed by atoms with Crippen molar-refractivity contribution in [1.82, 2.24) is 14.9 Å². The quantitative estimate of drug-likeness (QED) is 0.644. The Morgan fingerprint density at radius 1 is 1.60 bits per heavy atom. The molecule has 0 bridgehead atoms. The highest BCUT2D eigenvalue weighted by atomic mass is 79.9. The largest absolute Gasteiger partial charge is 0.351 e. The Morgan fingerprint density at radius 3 is 3.07 bits per heavy atom. The highest BCUT2D eigenvalue weighted by Gasteiger charge is 2.14. The van der Waals surface area contributed by atoms with Crippen molar-refractivity contribution in [2.75, 3.05) is 11.9 Å². The molecule has 0 aromatic carbocycles. The average molecular weight is 292 g/mol. The molecule has 1 heterocycles. The van der Waals surface area contributed by atoms with Gasteiger partial charge in [0, 0.05) is 11.9 Å². The van der Waals surface area contributed by atoms with E-state index in [0.717, 1.165) is 30.3 Å². The summed E-state index contributed by atoms with van der Waals surface area (Å²) in [6, 6.07) is 0. The molecule has 1 aromatic rings. The van der Waals surface area contributed by atoms with Crippen LogP contribution in [0.3, 0.4) is 0 Å². The minimum atomic E-state index is -0.0469. The van der Waals surface area contributed by atoms with Gasteiger partial charge in [-0.15, -0.1) is 5.10 Å². The third-order valence-corrected chi connectivity index (χ3v) is 3.17. The van der Waals surface area contributed by atoms with Gasteiger partial charge in [0.05, 0.1) is 5.69 Å². The summed E-state index contributed by atoms with van der Waals surface area (Å²) in [6.07, 6.45) is 2.73. The van der Waals surface area contributed by atoms with Crippen LogP contribution in [0.5, 0.6) is 0 Å². The molecule has 1 rings (SSSR count). The molecule has 0 saturated heterocycles. The molecule has 0 aliphatic heterocycles. The molecular weight excluding hydrogens is 278 g/mol. The standard InChI is InChI=1S/C9H14BrN3OS/c1-2-4-7-8(15-13-12-7)9(14)11-6-3-5-10/h2-6H2,1H3,(H,11,14). The van der Waals surface area contributed by atoms with Gasteiger partial charge in [0.25, 0.3) is 5.91 Å². The van der Waals surface area contributed by atoms with Crippen molar-refractivity contribution in [3.05, 3.63) is 10.6 Å². The molecule has 15 heavy (non-hydrogen) atoms. The van der Waals surface area contributed by atoms with Crippen LogP contribution in [-0.2, 0) is 6.42 Å². The van der Waals surface area contributed by atoms with Crippen molar-refractivity contribution < 1.29 is 4.79 Å². The zero-order valence-electron chi connectivity index (χ0n) is 8.62. The number of hydrogen-bond acceptors (Lipinski definition) is 4. The molecule has 0 atom stereocenters. The van der Waals surface area contributed by atoms with Crippen molar-refractivity contribution in [1.29, 1.82) is 0 Å². The zero-order chi connectivity index (χ0) is 11.1. The van der Waals surface area contributed by atoms with Crippen molar-refractivity contribution in [2.24, 2.45) is 0 Å². The van der Waals surface area contributed by atoms with Crippen LogP contribution in [0, 0.1) is 0 Å². The number of aryl methyl sites for hydroxylation is 1. The highest BCUT2D eigenvalue weighted by molar-refractivity contribution is 9.09. The van der Waals surface area contributed by atoms with Gasteiger partial charge in [0.2, 0.25) is 0 Å². The second-order valence-electron chi connectivity index (χ2n) is 3.10. The van der Waals surface area contributed by atoms with E-state index in [0.29, 0.717) is 11.4 Å². The predicted octanol–water partition coefficient (Wildman–Crippen LogP) is 2.01.